The minimum atomic E-state index is -2.38. The van der Waals surface area contributed by atoms with Crippen LogP contribution in [0.2, 0.25) is 0 Å². The monoisotopic (exact) mass is 239 g/mol. The summed E-state index contributed by atoms with van der Waals surface area (Å²) in [6.07, 6.45) is 1.63. The van der Waals surface area contributed by atoms with Crippen molar-refractivity contribution in [3.8, 4) is 0 Å². The Bertz CT molecular complexity index is 461. The minimum Gasteiger partial charge on any atom is -0.328 e. The van der Waals surface area contributed by atoms with Gasteiger partial charge in [-0.25, -0.2) is 13.8 Å². The quantitative estimate of drug-likeness (QED) is 0.888. The molecular weight excluding hydrogens is 224 g/mol. The summed E-state index contributed by atoms with van der Waals surface area (Å²) in [4.78, 5) is 4.15. The molecule has 0 radical (unpaired) electrons. The number of aromatic nitrogens is 2. The van der Waals surface area contributed by atoms with Gasteiger partial charge in [-0.2, -0.15) is 0 Å². The second-order valence-corrected chi connectivity index (χ2v) is 4.25. The number of nitrogens with zero attached hydrogens (tertiary/aromatic N) is 2. The van der Waals surface area contributed by atoms with Gasteiger partial charge < -0.3 is 10.3 Å². The molecule has 2 N–H and O–H groups in total. The Balaban J connectivity index is 2.46. The van der Waals surface area contributed by atoms with Gasteiger partial charge in [0.25, 0.3) is 6.43 Å². The third-order valence-electron chi connectivity index (χ3n) is 2.59. The molecule has 0 spiro atoms. The Morgan fingerprint density at radius 3 is 2.88 bits per heavy atom. The van der Waals surface area contributed by atoms with Crippen LogP contribution in [0.4, 0.5) is 8.78 Å². The first-order chi connectivity index (χ1) is 8.08. The molecule has 2 rings (SSSR count). The summed E-state index contributed by atoms with van der Waals surface area (Å²) in [7, 11) is 0. The molecule has 3 nitrogen and oxygen atoms in total. The van der Waals surface area contributed by atoms with E-state index in [0.717, 1.165) is 10.9 Å². The smallest absolute Gasteiger partial charge is 0.256 e. The van der Waals surface area contributed by atoms with E-state index < -0.39 is 6.43 Å². The van der Waals surface area contributed by atoms with Crippen LogP contribution in [0, 0.1) is 0 Å². The summed E-state index contributed by atoms with van der Waals surface area (Å²) < 4.78 is 26.4. The highest BCUT2D eigenvalue weighted by Crippen LogP contribution is 2.21. The van der Waals surface area contributed by atoms with Crippen LogP contribution in [0.1, 0.15) is 12.5 Å². The van der Waals surface area contributed by atoms with Crippen LogP contribution in [-0.2, 0) is 13.0 Å². The molecule has 2 heterocycles. The van der Waals surface area contributed by atoms with Crippen LogP contribution in [0.3, 0.4) is 0 Å². The second-order valence-electron chi connectivity index (χ2n) is 4.25. The predicted octanol–water partition coefficient (Wildman–Crippen LogP) is 2.19. The number of nitrogens with two attached hydrogens (primary N) is 1. The van der Waals surface area contributed by atoms with Gasteiger partial charge in [0.1, 0.15) is 5.65 Å². The van der Waals surface area contributed by atoms with Crippen LogP contribution in [0.25, 0.3) is 11.0 Å². The summed E-state index contributed by atoms with van der Waals surface area (Å²) in [5.74, 6) is 0. The lowest BCUT2D eigenvalue weighted by Gasteiger charge is -2.02. The molecule has 2 aromatic rings. The van der Waals surface area contributed by atoms with Crippen LogP contribution >= 0.6 is 0 Å². The number of hydrogen-bond donors (Lipinski definition) is 1. The van der Waals surface area contributed by atoms with Crippen LogP contribution in [0.5, 0.6) is 0 Å². The van der Waals surface area contributed by atoms with Gasteiger partial charge in [-0.3, -0.25) is 0 Å². The average molecular weight is 239 g/mol. The normalized spacial score (nSPS) is 13.5. The van der Waals surface area contributed by atoms with Crippen molar-refractivity contribution >= 4 is 11.0 Å². The van der Waals surface area contributed by atoms with Gasteiger partial charge in [0, 0.05) is 23.8 Å². The van der Waals surface area contributed by atoms with Gasteiger partial charge in [0.15, 0.2) is 0 Å². The first-order valence-electron chi connectivity index (χ1n) is 5.54. The number of halogens is 2. The molecule has 0 aliphatic rings. The van der Waals surface area contributed by atoms with Crippen molar-refractivity contribution < 1.29 is 8.78 Å². The van der Waals surface area contributed by atoms with E-state index in [-0.39, 0.29) is 12.6 Å². The molecule has 0 amide bonds. The van der Waals surface area contributed by atoms with Gasteiger partial charge in [-0.1, -0.05) is 0 Å². The van der Waals surface area contributed by atoms with E-state index in [1.165, 1.54) is 4.57 Å². The molecule has 17 heavy (non-hydrogen) atoms. The third-order valence-corrected chi connectivity index (χ3v) is 2.59. The Hall–Kier alpha value is -1.49. The zero-order chi connectivity index (χ0) is 12.4. The van der Waals surface area contributed by atoms with E-state index in [4.69, 9.17) is 5.73 Å². The highest BCUT2D eigenvalue weighted by atomic mass is 19.3. The SMILES string of the molecule is CC(N)Cc1cn(CC(F)F)c2ncccc12. The van der Waals surface area contributed by atoms with Crippen LogP contribution in [0.15, 0.2) is 24.5 Å². The minimum absolute atomic E-state index is 0.000746. The molecule has 0 aromatic carbocycles. The molecule has 92 valence electrons. The number of rotatable bonds is 4. The summed E-state index contributed by atoms with van der Waals surface area (Å²) >= 11 is 0. The fourth-order valence-electron chi connectivity index (χ4n) is 1.99. The molecule has 0 fully saturated rings. The van der Waals surface area contributed by atoms with Crippen LogP contribution < -0.4 is 5.73 Å². The van der Waals surface area contributed by atoms with Gasteiger partial charge in [-0.15, -0.1) is 0 Å². The molecule has 0 saturated carbocycles. The molecule has 5 heteroatoms. The highest BCUT2D eigenvalue weighted by molar-refractivity contribution is 5.80. The standard InChI is InChI=1S/C12H15F2N3/c1-8(15)5-9-6-17(7-11(13)14)12-10(9)3-2-4-16-12/h2-4,6,8,11H,5,7,15H2,1H3. The van der Waals surface area contributed by atoms with Gasteiger partial charge in [0.2, 0.25) is 0 Å². The summed E-state index contributed by atoms with van der Waals surface area (Å²) in [6, 6.07) is 3.70. The van der Waals surface area contributed by atoms with Crippen LogP contribution in [-0.4, -0.2) is 22.0 Å². The number of alkyl halides is 2. The van der Waals surface area contributed by atoms with Crippen molar-refractivity contribution in [1.29, 1.82) is 0 Å². The average Bonchev–Trinajstić information content (AvgIpc) is 2.56. The largest absolute Gasteiger partial charge is 0.328 e. The van der Waals surface area contributed by atoms with E-state index >= 15 is 0 Å². The number of fused-ring (bicyclic) bond motifs is 1. The lowest BCUT2D eigenvalue weighted by atomic mass is 10.1. The Morgan fingerprint density at radius 2 is 2.24 bits per heavy atom. The predicted molar refractivity (Wildman–Crippen MR) is 63.1 cm³/mol. The maximum atomic E-state index is 12.4. The first-order valence-corrected chi connectivity index (χ1v) is 5.54. The topological polar surface area (TPSA) is 43.8 Å². The van der Waals surface area contributed by atoms with Gasteiger partial charge >= 0.3 is 0 Å². The van der Waals surface area contributed by atoms with Crippen molar-refractivity contribution in [3.63, 3.8) is 0 Å². The fraction of sp³-hybridized carbons (Fsp3) is 0.417. The maximum Gasteiger partial charge on any atom is 0.256 e. The van der Waals surface area contributed by atoms with Crippen molar-refractivity contribution in [2.75, 3.05) is 0 Å². The van der Waals surface area contributed by atoms with E-state index in [1.54, 1.807) is 18.5 Å². The van der Waals surface area contributed by atoms with Gasteiger partial charge in [0.05, 0.1) is 6.54 Å². The lowest BCUT2D eigenvalue weighted by Crippen LogP contribution is -2.17. The van der Waals surface area contributed by atoms with E-state index in [0.29, 0.717) is 12.1 Å². The summed E-state index contributed by atoms with van der Waals surface area (Å²) in [5, 5.41) is 0.908. The second kappa shape index (κ2) is 4.79. The van der Waals surface area contributed by atoms with Gasteiger partial charge in [-0.05, 0) is 31.0 Å². The van der Waals surface area contributed by atoms with E-state index in [9.17, 15) is 8.78 Å². The molecule has 1 atom stereocenters. The zero-order valence-corrected chi connectivity index (χ0v) is 9.61. The van der Waals surface area contributed by atoms with Crippen molar-refractivity contribution in [3.05, 3.63) is 30.1 Å². The summed E-state index contributed by atoms with van der Waals surface area (Å²) in [5.41, 5.74) is 7.32. The molecule has 2 aromatic heterocycles. The Morgan fingerprint density at radius 1 is 1.47 bits per heavy atom. The fourth-order valence-corrected chi connectivity index (χ4v) is 1.99. The molecule has 0 saturated heterocycles. The molecule has 0 bridgehead atoms. The zero-order valence-electron chi connectivity index (χ0n) is 9.61. The molecule has 0 aliphatic heterocycles. The summed E-state index contributed by atoms with van der Waals surface area (Å²) in [6.45, 7) is 1.57. The van der Waals surface area contributed by atoms with Crippen molar-refractivity contribution in [2.24, 2.45) is 5.73 Å². The molecule has 1 unspecified atom stereocenters. The first kappa shape index (κ1) is 12.0. The molecular formula is C12H15F2N3. The van der Waals surface area contributed by atoms with Crippen molar-refractivity contribution in [2.45, 2.75) is 32.4 Å². The number of pyridine rings is 1. The van der Waals surface area contributed by atoms with E-state index in [2.05, 4.69) is 4.98 Å². The third kappa shape index (κ3) is 2.61. The Kier molecular flexibility index (Phi) is 3.38. The van der Waals surface area contributed by atoms with Crippen molar-refractivity contribution in [1.82, 2.24) is 9.55 Å². The maximum absolute atomic E-state index is 12.4. The van der Waals surface area contributed by atoms with E-state index in [1.807, 2.05) is 13.0 Å². The lowest BCUT2D eigenvalue weighted by molar-refractivity contribution is 0.128. The Labute approximate surface area is 98.2 Å². The number of hydrogen-bond acceptors (Lipinski definition) is 2. The highest BCUT2D eigenvalue weighted by Gasteiger charge is 2.13. The molecule has 0 aliphatic carbocycles.